The van der Waals surface area contributed by atoms with Gasteiger partial charge in [-0.2, -0.15) is 0 Å². The van der Waals surface area contributed by atoms with Gasteiger partial charge in [-0.3, -0.25) is 9.78 Å². The zero-order valence-corrected chi connectivity index (χ0v) is 10.8. The highest BCUT2D eigenvalue weighted by Gasteiger charge is 2.10. The topological polar surface area (TPSA) is 68.9 Å². The normalized spacial score (nSPS) is 10.4. The van der Waals surface area contributed by atoms with Gasteiger partial charge in [-0.1, -0.05) is 12.1 Å². The van der Waals surface area contributed by atoms with Gasteiger partial charge in [-0.05, 0) is 31.2 Å². The molecule has 0 bridgehead atoms. The molecule has 5 nitrogen and oxygen atoms in total. The smallest absolute Gasteiger partial charge is 0.249 e. The predicted molar refractivity (Wildman–Crippen MR) is 73.0 cm³/mol. The molecule has 1 aromatic carbocycles. The molecule has 5 heteroatoms. The van der Waals surface area contributed by atoms with Crippen LogP contribution >= 0.6 is 0 Å². The molecule has 0 aliphatic rings. The first-order chi connectivity index (χ1) is 9.74. The first kappa shape index (κ1) is 12.2. The Morgan fingerprint density at radius 1 is 1.00 bits per heavy atom. The van der Waals surface area contributed by atoms with Crippen molar-refractivity contribution >= 4 is 5.78 Å². The maximum atomic E-state index is 11.2. The van der Waals surface area contributed by atoms with E-state index in [4.69, 9.17) is 4.42 Å². The van der Waals surface area contributed by atoms with Gasteiger partial charge in [-0.15, -0.1) is 10.2 Å². The minimum atomic E-state index is 0.0260. The highest BCUT2D eigenvalue weighted by molar-refractivity contribution is 5.94. The maximum absolute atomic E-state index is 11.2. The quantitative estimate of drug-likeness (QED) is 0.681. The largest absolute Gasteiger partial charge is 0.416 e. The van der Waals surface area contributed by atoms with Crippen LogP contribution < -0.4 is 0 Å². The Hall–Kier alpha value is -2.82. The van der Waals surface area contributed by atoms with E-state index in [1.165, 1.54) is 6.92 Å². The van der Waals surface area contributed by atoms with E-state index in [-0.39, 0.29) is 5.78 Å². The van der Waals surface area contributed by atoms with Gasteiger partial charge in [0.1, 0.15) is 0 Å². The zero-order valence-electron chi connectivity index (χ0n) is 10.8. The van der Waals surface area contributed by atoms with Crippen molar-refractivity contribution in [3.63, 3.8) is 0 Å². The Bertz CT molecular complexity index is 733. The summed E-state index contributed by atoms with van der Waals surface area (Å²) in [6.45, 7) is 1.53. The molecule has 2 heterocycles. The van der Waals surface area contributed by atoms with Crippen molar-refractivity contribution in [1.82, 2.24) is 15.2 Å². The molecule has 0 amide bonds. The minimum Gasteiger partial charge on any atom is -0.416 e. The predicted octanol–water partition coefficient (Wildman–Crippen LogP) is 3.00. The van der Waals surface area contributed by atoms with E-state index in [9.17, 15) is 4.79 Å². The van der Waals surface area contributed by atoms with Crippen molar-refractivity contribution in [3.8, 4) is 22.9 Å². The molecule has 0 atom stereocenters. The van der Waals surface area contributed by atoms with E-state index in [1.807, 2.05) is 6.07 Å². The third-order valence-corrected chi connectivity index (χ3v) is 2.87. The van der Waals surface area contributed by atoms with Crippen LogP contribution in [0.1, 0.15) is 17.3 Å². The molecule has 0 unspecified atom stereocenters. The van der Waals surface area contributed by atoms with E-state index in [0.717, 1.165) is 11.1 Å². The number of hydrogen-bond acceptors (Lipinski definition) is 5. The molecule has 0 aliphatic heterocycles. The molecule has 0 radical (unpaired) electrons. The number of pyridine rings is 1. The summed E-state index contributed by atoms with van der Waals surface area (Å²) in [5, 5.41) is 8.00. The number of aromatic nitrogens is 3. The Balaban J connectivity index is 1.92. The second kappa shape index (κ2) is 5.05. The third-order valence-electron chi connectivity index (χ3n) is 2.87. The van der Waals surface area contributed by atoms with Gasteiger partial charge in [0, 0.05) is 23.5 Å². The summed E-state index contributed by atoms with van der Waals surface area (Å²) < 4.78 is 5.61. The van der Waals surface area contributed by atoms with E-state index in [2.05, 4.69) is 15.2 Å². The highest BCUT2D eigenvalue weighted by atomic mass is 16.4. The number of benzene rings is 1. The summed E-state index contributed by atoms with van der Waals surface area (Å²) in [6, 6.07) is 10.7. The molecule has 98 valence electrons. The SMILES string of the molecule is CC(=O)c1ccc(-c2nnc(-c3cccnc3)o2)cc1. The van der Waals surface area contributed by atoms with E-state index >= 15 is 0 Å². The summed E-state index contributed by atoms with van der Waals surface area (Å²) in [7, 11) is 0. The molecule has 20 heavy (non-hydrogen) atoms. The second-order valence-electron chi connectivity index (χ2n) is 4.29. The fourth-order valence-electron chi connectivity index (χ4n) is 1.79. The summed E-state index contributed by atoms with van der Waals surface area (Å²) in [5.74, 6) is 0.862. The van der Waals surface area contributed by atoms with Crippen LogP contribution in [0.2, 0.25) is 0 Å². The van der Waals surface area contributed by atoms with Gasteiger partial charge < -0.3 is 4.42 Å². The number of carbonyl (C=O) groups excluding carboxylic acids is 1. The zero-order chi connectivity index (χ0) is 13.9. The van der Waals surface area contributed by atoms with Crippen LogP contribution in [0.25, 0.3) is 22.9 Å². The van der Waals surface area contributed by atoms with Gasteiger partial charge in [0.05, 0.1) is 5.56 Å². The molecule has 0 fully saturated rings. The highest BCUT2D eigenvalue weighted by Crippen LogP contribution is 2.23. The lowest BCUT2D eigenvalue weighted by Gasteiger charge is -1.97. The molecule has 2 aromatic heterocycles. The van der Waals surface area contributed by atoms with Gasteiger partial charge >= 0.3 is 0 Å². The minimum absolute atomic E-state index is 0.0260. The third kappa shape index (κ3) is 2.33. The molecular weight excluding hydrogens is 254 g/mol. The van der Waals surface area contributed by atoms with Gasteiger partial charge in [-0.25, -0.2) is 0 Å². The van der Waals surface area contributed by atoms with Crippen molar-refractivity contribution < 1.29 is 9.21 Å². The summed E-state index contributed by atoms with van der Waals surface area (Å²) in [5.41, 5.74) is 2.20. The fourth-order valence-corrected chi connectivity index (χ4v) is 1.79. The number of Topliss-reactive ketones (excluding diaryl/α,β-unsaturated/α-hetero) is 1. The van der Waals surface area contributed by atoms with Gasteiger partial charge in [0.15, 0.2) is 5.78 Å². The number of ketones is 1. The van der Waals surface area contributed by atoms with Crippen LogP contribution in [0.5, 0.6) is 0 Å². The van der Waals surface area contributed by atoms with Crippen LogP contribution in [0.15, 0.2) is 53.2 Å². The second-order valence-corrected chi connectivity index (χ2v) is 4.29. The molecule has 0 spiro atoms. The van der Waals surface area contributed by atoms with Gasteiger partial charge in [0.25, 0.3) is 0 Å². The van der Waals surface area contributed by atoms with Crippen LogP contribution in [0.3, 0.4) is 0 Å². The van der Waals surface area contributed by atoms with Crippen molar-refractivity contribution in [2.45, 2.75) is 6.92 Å². The molecule has 0 saturated carbocycles. The molecule has 0 saturated heterocycles. The first-order valence-electron chi connectivity index (χ1n) is 6.09. The lowest BCUT2D eigenvalue weighted by Crippen LogP contribution is -1.90. The summed E-state index contributed by atoms with van der Waals surface area (Å²) in [6.07, 6.45) is 3.34. The van der Waals surface area contributed by atoms with Crippen molar-refractivity contribution in [2.75, 3.05) is 0 Å². The summed E-state index contributed by atoms with van der Waals surface area (Å²) in [4.78, 5) is 15.2. The average Bonchev–Trinajstić information content (AvgIpc) is 2.98. The number of nitrogens with zero attached hydrogens (tertiary/aromatic N) is 3. The molecule has 0 aliphatic carbocycles. The van der Waals surface area contributed by atoms with E-state index in [1.54, 1.807) is 42.7 Å². The number of carbonyl (C=O) groups is 1. The number of hydrogen-bond donors (Lipinski definition) is 0. The fraction of sp³-hybridized carbons (Fsp3) is 0.0667. The lowest BCUT2D eigenvalue weighted by molar-refractivity contribution is 0.101. The lowest BCUT2D eigenvalue weighted by atomic mass is 10.1. The Labute approximate surface area is 115 Å². The monoisotopic (exact) mass is 265 g/mol. The molecular formula is C15H11N3O2. The van der Waals surface area contributed by atoms with Crippen molar-refractivity contribution in [2.24, 2.45) is 0 Å². The Kier molecular flexibility index (Phi) is 3.09. The number of rotatable bonds is 3. The molecule has 3 rings (SSSR count). The van der Waals surface area contributed by atoms with Crippen LogP contribution in [-0.4, -0.2) is 21.0 Å². The van der Waals surface area contributed by atoms with Gasteiger partial charge in [0.2, 0.25) is 11.8 Å². The van der Waals surface area contributed by atoms with Crippen molar-refractivity contribution in [1.29, 1.82) is 0 Å². The Morgan fingerprint density at radius 2 is 1.70 bits per heavy atom. The van der Waals surface area contributed by atoms with E-state index in [0.29, 0.717) is 17.3 Å². The van der Waals surface area contributed by atoms with Crippen LogP contribution in [0, 0.1) is 0 Å². The molecule has 3 aromatic rings. The van der Waals surface area contributed by atoms with E-state index < -0.39 is 0 Å². The average molecular weight is 265 g/mol. The van der Waals surface area contributed by atoms with Crippen LogP contribution in [0.4, 0.5) is 0 Å². The molecule has 0 N–H and O–H groups in total. The summed E-state index contributed by atoms with van der Waals surface area (Å²) >= 11 is 0. The Morgan fingerprint density at radius 3 is 2.30 bits per heavy atom. The van der Waals surface area contributed by atoms with Crippen molar-refractivity contribution in [3.05, 3.63) is 54.4 Å². The first-order valence-corrected chi connectivity index (χ1v) is 6.09. The standard InChI is InChI=1S/C15H11N3O2/c1-10(19)11-4-6-12(7-5-11)14-17-18-15(20-14)13-3-2-8-16-9-13/h2-9H,1H3. The maximum Gasteiger partial charge on any atom is 0.249 e. The van der Waals surface area contributed by atoms with Crippen LogP contribution in [-0.2, 0) is 0 Å².